The lowest BCUT2D eigenvalue weighted by atomic mass is 9.83. The molecule has 0 aromatic heterocycles. The molecule has 0 aliphatic heterocycles. The Hall–Kier alpha value is -1.08. The van der Waals surface area contributed by atoms with Gasteiger partial charge in [0.1, 0.15) is 5.41 Å². The van der Waals surface area contributed by atoms with Crippen molar-refractivity contribution in [3.63, 3.8) is 0 Å². The van der Waals surface area contributed by atoms with Crippen molar-refractivity contribution in [3.8, 4) is 0 Å². The number of carbonyl (C=O) groups is 1. The van der Waals surface area contributed by atoms with Crippen LogP contribution in [0.2, 0.25) is 0 Å². The molecule has 114 valence electrons. The Bertz CT molecular complexity index is 573. The van der Waals surface area contributed by atoms with Crippen LogP contribution in [0.3, 0.4) is 0 Å². The van der Waals surface area contributed by atoms with E-state index in [1.165, 1.54) is 0 Å². The zero-order valence-corrected chi connectivity index (χ0v) is 14.8. The van der Waals surface area contributed by atoms with E-state index in [0.717, 1.165) is 27.4 Å². The second-order valence-electron chi connectivity index (χ2n) is 5.33. The quantitative estimate of drug-likeness (QED) is 0.302. The third-order valence-electron chi connectivity index (χ3n) is 3.91. The summed E-state index contributed by atoms with van der Waals surface area (Å²) in [5.74, 6) is -0.252. The maximum Gasteiger partial charge on any atom is 0.238 e. The van der Waals surface area contributed by atoms with Crippen LogP contribution in [0.5, 0.6) is 0 Å². The van der Waals surface area contributed by atoms with Crippen LogP contribution in [-0.4, -0.2) is 17.0 Å². The zero-order valence-electron chi connectivity index (χ0n) is 11.6. The summed E-state index contributed by atoms with van der Waals surface area (Å²) in [4.78, 5) is 12.7. The topological polar surface area (TPSA) is 87.7 Å². The molecule has 2 rings (SSSR count). The van der Waals surface area contributed by atoms with Crippen molar-refractivity contribution in [2.45, 2.75) is 32.6 Å². The summed E-state index contributed by atoms with van der Waals surface area (Å²) < 4.78 is 1.57. The molecule has 4 N–H and O–H groups in total. The van der Waals surface area contributed by atoms with Crippen molar-refractivity contribution < 1.29 is 10.0 Å². The Morgan fingerprint density at radius 2 is 1.86 bits per heavy atom. The molecule has 0 unspecified atom stereocenters. The molecular formula is C14H17Br2N3O2. The fourth-order valence-corrected chi connectivity index (χ4v) is 4.34. The van der Waals surface area contributed by atoms with Gasteiger partial charge in [0.2, 0.25) is 5.91 Å². The Balaban J connectivity index is 2.33. The first kappa shape index (κ1) is 16.3. The number of amidine groups is 1. The van der Waals surface area contributed by atoms with Crippen LogP contribution < -0.4 is 11.1 Å². The van der Waals surface area contributed by atoms with Crippen molar-refractivity contribution in [1.82, 2.24) is 0 Å². The van der Waals surface area contributed by atoms with Crippen molar-refractivity contribution in [1.29, 1.82) is 0 Å². The Kier molecular flexibility index (Phi) is 4.93. The van der Waals surface area contributed by atoms with Crippen molar-refractivity contribution >= 4 is 49.3 Å². The predicted molar refractivity (Wildman–Crippen MR) is 89.5 cm³/mol. The lowest BCUT2D eigenvalue weighted by molar-refractivity contribution is -0.122. The van der Waals surface area contributed by atoms with Crippen LogP contribution in [-0.2, 0) is 4.79 Å². The molecule has 1 aromatic carbocycles. The number of oxime groups is 1. The van der Waals surface area contributed by atoms with Gasteiger partial charge in [-0.2, -0.15) is 0 Å². The molecule has 7 heteroatoms. The molecule has 0 atom stereocenters. The van der Waals surface area contributed by atoms with E-state index in [1.807, 2.05) is 19.1 Å². The minimum atomic E-state index is -0.918. The first-order valence-electron chi connectivity index (χ1n) is 6.66. The third-order valence-corrected chi connectivity index (χ3v) is 5.17. The molecule has 1 saturated carbocycles. The van der Waals surface area contributed by atoms with Crippen LogP contribution >= 0.6 is 31.9 Å². The third kappa shape index (κ3) is 3.08. The molecule has 0 spiro atoms. The molecule has 1 amide bonds. The number of hydrogen-bond acceptors (Lipinski definition) is 3. The van der Waals surface area contributed by atoms with Crippen LogP contribution in [0.1, 0.15) is 31.2 Å². The molecule has 1 aromatic rings. The SMILES string of the molecule is Cc1cc(Br)c(NC(=O)C2(C(N)=NO)CCCC2)c(Br)c1. The van der Waals surface area contributed by atoms with Gasteiger partial charge in [0.25, 0.3) is 0 Å². The first-order chi connectivity index (χ1) is 9.90. The van der Waals surface area contributed by atoms with E-state index in [1.54, 1.807) is 0 Å². The summed E-state index contributed by atoms with van der Waals surface area (Å²) >= 11 is 6.90. The van der Waals surface area contributed by atoms with Gasteiger partial charge in [-0.15, -0.1) is 0 Å². The van der Waals surface area contributed by atoms with E-state index in [9.17, 15) is 4.79 Å². The summed E-state index contributed by atoms with van der Waals surface area (Å²) in [6.07, 6.45) is 2.96. The highest BCUT2D eigenvalue weighted by Crippen LogP contribution is 2.41. The van der Waals surface area contributed by atoms with Crippen molar-refractivity contribution in [2.24, 2.45) is 16.3 Å². The van der Waals surface area contributed by atoms with Crippen LogP contribution in [0.4, 0.5) is 5.69 Å². The number of nitrogens with two attached hydrogens (primary N) is 1. The Morgan fingerprint density at radius 1 is 1.33 bits per heavy atom. The van der Waals surface area contributed by atoms with Gasteiger partial charge in [-0.1, -0.05) is 18.0 Å². The van der Waals surface area contributed by atoms with Crippen molar-refractivity contribution in [2.75, 3.05) is 5.32 Å². The van der Waals surface area contributed by atoms with Gasteiger partial charge in [0, 0.05) is 8.95 Å². The van der Waals surface area contributed by atoms with Gasteiger partial charge < -0.3 is 16.3 Å². The maximum absolute atomic E-state index is 12.7. The molecule has 0 bridgehead atoms. The number of anilines is 1. The molecule has 1 fully saturated rings. The summed E-state index contributed by atoms with van der Waals surface area (Å²) in [5, 5.41) is 15.0. The summed E-state index contributed by atoms with van der Waals surface area (Å²) in [7, 11) is 0. The van der Waals surface area contributed by atoms with E-state index in [-0.39, 0.29) is 11.7 Å². The van der Waals surface area contributed by atoms with Gasteiger partial charge >= 0.3 is 0 Å². The standard InChI is InChI=1S/C14H17Br2N3O2/c1-8-6-9(15)11(10(16)7-8)18-13(20)14(12(17)19-21)4-2-3-5-14/h6-7,21H,2-5H2,1H3,(H2,17,19)(H,18,20). The fourth-order valence-electron chi connectivity index (χ4n) is 2.73. The Labute approximate surface area is 140 Å². The average Bonchev–Trinajstić information content (AvgIpc) is 2.92. The van der Waals surface area contributed by atoms with E-state index in [2.05, 4.69) is 42.3 Å². The number of hydrogen-bond donors (Lipinski definition) is 3. The average molecular weight is 419 g/mol. The number of nitrogens with one attached hydrogen (secondary N) is 1. The van der Waals surface area contributed by atoms with Crippen LogP contribution in [0.15, 0.2) is 26.2 Å². The van der Waals surface area contributed by atoms with Gasteiger partial charge in [-0.3, -0.25) is 4.79 Å². The highest BCUT2D eigenvalue weighted by molar-refractivity contribution is 9.11. The lowest BCUT2D eigenvalue weighted by Gasteiger charge is -2.26. The highest BCUT2D eigenvalue weighted by Gasteiger charge is 2.45. The largest absolute Gasteiger partial charge is 0.409 e. The number of amides is 1. The number of rotatable bonds is 3. The van der Waals surface area contributed by atoms with E-state index < -0.39 is 5.41 Å². The first-order valence-corrected chi connectivity index (χ1v) is 8.24. The number of nitrogens with zero attached hydrogens (tertiary/aromatic N) is 1. The fraction of sp³-hybridized carbons (Fsp3) is 0.429. The van der Waals surface area contributed by atoms with Crippen LogP contribution in [0.25, 0.3) is 0 Å². The molecule has 0 heterocycles. The Morgan fingerprint density at radius 3 is 2.33 bits per heavy atom. The van der Waals surface area contributed by atoms with Gasteiger partial charge in [0.15, 0.2) is 5.84 Å². The summed E-state index contributed by atoms with van der Waals surface area (Å²) in [5.41, 5.74) is 6.59. The number of halogens is 2. The molecule has 0 radical (unpaired) electrons. The smallest absolute Gasteiger partial charge is 0.238 e. The monoisotopic (exact) mass is 417 g/mol. The molecule has 0 saturated heterocycles. The van der Waals surface area contributed by atoms with Gasteiger partial charge in [-0.25, -0.2) is 0 Å². The molecular weight excluding hydrogens is 402 g/mol. The highest BCUT2D eigenvalue weighted by atomic mass is 79.9. The molecule has 1 aliphatic carbocycles. The zero-order chi connectivity index (χ0) is 15.6. The normalized spacial score (nSPS) is 17.8. The molecule has 5 nitrogen and oxygen atoms in total. The minimum Gasteiger partial charge on any atom is -0.409 e. The van der Waals surface area contributed by atoms with Gasteiger partial charge in [0.05, 0.1) is 5.69 Å². The number of carbonyl (C=O) groups excluding carboxylic acids is 1. The second kappa shape index (κ2) is 6.36. The van der Waals surface area contributed by atoms with Crippen LogP contribution in [0, 0.1) is 12.3 Å². The van der Waals surface area contributed by atoms with E-state index in [4.69, 9.17) is 10.9 Å². The maximum atomic E-state index is 12.7. The molecule has 1 aliphatic rings. The van der Waals surface area contributed by atoms with E-state index >= 15 is 0 Å². The number of benzene rings is 1. The van der Waals surface area contributed by atoms with Crippen molar-refractivity contribution in [3.05, 3.63) is 26.6 Å². The summed E-state index contributed by atoms with van der Waals surface area (Å²) in [6.45, 7) is 1.97. The lowest BCUT2D eigenvalue weighted by Crippen LogP contribution is -2.45. The summed E-state index contributed by atoms with van der Waals surface area (Å²) in [6, 6.07) is 3.84. The molecule has 21 heavy (non-hydrogen) atoms. The van der Waals surface area contributed by atoms with Gasteiger partial charge in [-0.05, 0) is 69.3 Å². The predicted octanol–water partition coefficient (Wildman–Crippen LogP) is 3.77. The second-order valence-corrected chi connectivity index (χ2v) is 7.04. The minimum absolute atomic E-state index is 0.0168. The van der Waals surface area contributed by atoms with E-state index in [0.29, 0.717) is 18.5 Å². The number of aryl methyl sites for hydroxylation is 1.